The summed E-state index contributed by atoms with van der Waals surface area (Å²) >= 11 is 0. The molecule has 3 amide bonds. The highest BCUT2D eigenvalue weighted by atomic mass is 32.2. The molecule has 0 N–H and O–H groups in total. The molecule has 2 fully saturated rings. The van der Waals surface area contributed by atoms with Gasteiger partial charge < -0.3 is 4.18 Å². The van der Waals surface area contributed by atoms with Crippen LogP contribution in [0.4, 0.5) is 9.18 Å². The molecular formula is C14H15FN2O5S. The van der Waals surface area contributed by atoms with E-state index in [1.165, 1.54) is 0 Å². The van der Waals surface area contributed by atoms with E-state index in [1.54, 1.807) is 0 Å². The molecule has 1 aliphatic heterocycles. The molecule has 23 heavy (non-hydrogen) atoms. The van der Waals surface area contributed by atoms with Gasteiger partial charge in [0.1, 0.15) is 18.1 Å². The van der Waals surface area contributed by atoms with Gasteiger partial charge in [0.05, 0.1) is 0 Å². The summed E-state index contributed by atoms with van der Waals surface area (Å²) in [6, 6.07) is 3.19. The first-order valence-electron chi connectivity index (χ1n) is 7.22. The minimum absolute atomic E-state index is 0.133. The van der Waals surface area contributed by atoms with Crippen molar-refractivity contribution in [1.29, 1.82) is 0 Å². The van der Waals surface area contributed by atoms with Crippen molar-refractivity contribution in [2.75, 3.05) is 6.54 Å². The molecular weight excluding hydrogens is 327 g/mol. The van der Waals surface area contributed by atoms with Crippen LogP contribution in [0.5, 0.6) is 5.75 Å². The van der Waals surface area contributed by atoms with E-state index in [2.05, 4.69) is 0 Å². The number of imide groups is 1. The Morgan fingerprint density at radius 2 is 1.70 bits per heavy atom. The summed E-state index contributed by atoms with van der Waals surface area (Å²) in [6.07, 6.45) is 3.18. The van der Waals surface area contributed by atoms with Crippen LogP contribution in [0.3, 0.4) is 0 Å². The molecule has 1 aromatic carbocycles. The van der Waals surface area contributed by atoms with E-state index in [9.17, 15) is 22.4 Å². The summed E-state index contributed by atoms with van der Waals surface area (Å²) < 4.78 is 42.5. The summed E-state index contributed by atoms with van der Waals surface area (Å²) in [5.74, 6) is -1.23. The van der Waals surface area contributed by atoms with E-state index in [0.717, 1.165) is 42.0 Å². The molecule has 2 aliphatic rings. The maximum absolute atomic E-state index is 12.8. The normalized spacial score (nSPS) is 19.7. The van der Waals surface area contributed by atoms with E-state index < -0.39 is 34.6 Å². The highest BCUT2D eigenvalue weighted by molar-refractivity contribution is 7.85. The smallest absolute Gasteiger partial charge is 0.367 e. The summed E-state index contributed by atoms with van der Waals surface area (Å²) in [5.41, 5.74) is 0. The SMILES string of the molecule is O=C1CN(S(=O)(=O)Oc2ccc(F)cc2)C(=O)N1C1CCCC1. The fraction of sp³-hybridized carbons (Fsp3) is 0.429. The maximum Gasteiger partial charge on any atom is 0.414 e. The van der Waals surface area contributed by atoms with Gasteiger partial charge in [-0.05, 0) is 37.1 Å². The lowest BCUT2D eigenvalue weighted by atomic mass is 10.2. The predicted molar refractivity (Wildman–Crippen MR) is 77.2 cm³/mol. The Labute approximate surface area is 132 Å². The highest BCUT2D eigenvalue weighted by Gasteiger charge is 2.47. The van der Waals surface area contributed by atoms with Gasteiger partial charge in [0.25, 0.3) is 5.91 Å². The lowest BCUT2D eigenvalue weighted by molar-refractivity contribution is -0.126. The van der Waals surface area contributed by atoms with Gasteiger partial charge in [-0.1, -0.05) is 12.8 Å². The Morgan fingerprint density at radius 3 is 2.30 bits per heavy atom. The zero-order valence-electron chi connectivity index (χ0n) is 12.1. The summed E-state index contributed by atoms with van der Waals surface area (Å²) in [5, 5.41) is 0. The standard InChI is InChI=1S/C14H15FN2O5S/c15-10-5-7-12(8-6-10)22-23(20,21)16-9-13(18)17(14(16)19)11-3-1-2-4-11/h5-8,11H,1-4,9H2. The first-order valence-corrected chi connectivity index (χ1v) is 8.59. The zero-order chi connectivity index (χ0) is 16.6. The number of urea groups is 1. The van der Waals surface area contributed by atoms with E-state index in [0.29, 0.717) is 17.1 Å². The molecule has 1 saturated heterocycles. The van der Waals surface area contributed by atoms with Gasteiger partial charge in [0.2, 0.25) is 0 Å². The number of rotatable bonds is 4. The van der Waals surface area contributed by atoms with Crippen molar-refractivity contribution >= 4 is 22.2 Å². The van der Waals surface area contributed by atoms with Gasteiger partial charge in [0, 0.05) is 6.04 Å². The van der Waals surface area contributed by atoms with Gasteiger partial charge in [-0.3, -0.25) is 9.69 Å². The van der Waals surface area contributed by atoms with E-state index >= 15 is 0 Å². The maximum atomic E-state index is 12.8. The fourth-order valence-electron chi connectivity index (χ4n) is 2.85. The number of halogens is 1. The number of amides is 3. The van der Waals surface area contributed by atoms with Crippen molar-refractivity contribution in [1.82, 2.24) is 9.21 Å². The second kappa shape index (κ2) is 5.80. The molecule has 3 rings (SSSR count). The number of benzene rings is 1. The summed E-state index contributed by atoms with van der Waals surface area (Å²) in [4.78, 5) is 25.3. The lowest BCUT2D eigenvalue weighted by Gasteiger charge is -2.21. The van der Waals surface area contributed by atoms with Crippen LogP contribution in [0.2, 0.25) is 0 Å². The van der Waals surface area contributed by atoms with Crippen LogP contribution in [0.1, 0.15) is 25.7 Å². The number of hydrogen-bond acceptors (Lipinski definition) is 5. The van der Waals surface area contributed by atoms with Crippen molar-refractivity contribution in [3.63, 3.8) is 0 Å². The highest BCUT2D eigenvalue weighted by Crippen LogP contribution is 2.29. The molecule has 124 valence electrons. The van der Waals surface area contributed by atoms with Gasteiger partial charge >= 0.3 is 16.3 Å². The summed E-state index contributed by atoms with van der Waals surface area (Å²) in [7, 11) is -4.47. The first kappa shape index (κ1) is 15.7. The van der Waals surface area contributed by atoms with Crippen LogP contribution < -0.4 is 4.18 Å². The minimum atomic E-state index is -4.47. The third kappa shape index (κ3) is 3.00. The van der Waals surface area contributed by atoms with Gasteiger partial charge in [-0.15, -0.1) is 0 Å². The van der Waals surface area contributed by atoms with Crippen LogP contribution in [-0.2, 0) is 15.1 Å². The largest absolute Gasteiger partial charge is 0.414 e. The quantitative estimate of drug-likeness (QED) is 0.777. The Hall–Kier alpha value is -2.16. The molecule has 1 aromatic rings. The third-order valence-corrected chi connectivity index (χ3v) is 5.17. The molecule has 0 atom stereocenters. The monoisotopic (exact) mass is 342 g/mol. The second-order valence-electron chi connectivity index (χ2n) is 5.49. The topological polar surface area (TPSA) is 84.0 Å². The predicted octanol–water partition coefficient (Wildman–Crippen LogP) is 1.66. The molecule has 1 saturated carbocycles. The number of carbonyl (C=O) groups is 2. The third-order valence-electron chi connectivity index (χ3n) is 3.94. The molecule has 7 nitrogen and oxygen atoms in total. The fourth-order valence-corrected chi connectivity index (χ4v) is 3.84. The molecule has 0 spiro atoms. The van der Waals surface area contributed by atoms with Crippen LogP contribution in [-0.4, -0.2) is 42.1 Å². The summed E-state index contributed by atoms with van der Waals surface area (Å²) in [6.45, 7) is -0.571. The van der Waals surface area contributed by atoms with E-state index in [4.69, 9.17) is 4.18 Å². The lowest BCUT2D eigenvalue weighted by Crippen LogP contribution is -2.42. The minimum Gasteiger partial charge on any atom is -0.367 e. The Bertz CT molecular complexity index is 728. The molecule has 1 heterocycles. The zero-order valence-corrected chi connectivity index (χ0v) is 13.0. The molecule has 9 heteroatoms. The molecule has 1 aliphatic carbocycles. The Balaban J connectivity index is 1.78. The van der Waals surface area contributed by atoms with Crippen LogP contribution >= 0.6 is 0 Å². The van der Waals surface area contributed by atoms with E-state index in [1.807, 2.05) is 0 Å². The molecule has 0 aromatic heterocycles. The van der Waals surface area contributed by atoms with Crippen molar-refractivity contribution in [3.8, 4) is 5.75 Å². The van der Waals surface area contributed by atoms with Crippen LogP contribution in [0, 0.1) is 5.82 Å². The van der Waals surface area contributed by atoms with Gasteiger partial charge in [-0.25, -0.2) is 9.18 Å². The van der Waals surface area contributed by atoms with Crippen molar-refractivity contribution < 1.29 is 26.6 Å². The van der Waals surface area contributed by atoms with Crippen LogP contribution in [0.25, 0.3) is 0 Å². The number of carbonyl (C=O) groups excluding carboxylic acids is 2. The van der Waals surface area contributed by atoms with Crippen molar-refractivity contribution in [2.45, 2.75) is 31.7 Å². The van der Waals surface area contributed by atoms with Crippen LogP contribution in [0.15, 0.2) is 24.3 Å². The average molecular weight is 342 g/mol. The van der Waals surface area contributed by atoms with Crippen molar-refractivity contribution in [3.05, 3.63) is 30.1 Å². The van der Waals surface area contributed by atoms with Gasteiger partial charge in [0.15, 0.2) is 0 Å². The van der Waals surface area contributed by atoms with Gasteiger partial charge in [-0.2, -0.15) is 12.7 Å². The molecule has 0 bridgehead atoms. The molecule has 0 unspecified atom stereocenters. The van der Waals surface area contributed by atoms with E-state index in [-0.39, 0.29) is 11.8 Å². The number of nitrogens with zero attached hydrogens (tertiary/aromatic N) is 2. The molecule has 0 radical (unpaired) electrons. The Kier molecular flexibility index (Phi) is 3.97. The Morgan fingerprint density at radius 1 is 1.09 bits per heavy atom. The average Bonchev–Trinajstić information content (AvgIpc) is 3.09. The number of hydrogen-bond donors (Lipinski definition) is 0. The first-order chi connectivity index (χ1) is 10.9. The second-order valence-corrected chi connectivity index (χ2v) is 6.95. The van der Waals surface area contributed by atoms with Crippen molar-refractivity contribution in [2.24, 2.45) is 0 Å².